The lowest BCUT2D eigenvalue weighted by Gasteiger charge is -2.06. The predicted octanol–water partition coefficient (Wildman–Crippen LogP) is 1.84. The molecule has 102 valence electrons. The molecule has 3 N–H and O–H groups in total. The number of hydrogen-bond acceptors (Lipinski definition) is 3. The summed E-state index contributed by atoms with van der Waals surface area (Å²) in [5, 5.41) is 2.83. The van der Waals surface area contributed by atoms with Crippen molar-refractivity contribution in [3.05, 3.63) is 65.5 Å². The van der Waals surface area contributed by atoms with E-state index >= 15 is 0 Å². The number of thiocarbonyl (C=S) groups is 1. The van der Waals surface area contributed by atoms with Gasteiger partial charge in [0.2, 0.25) is 0 Å². The Kier molecular flexibility index (Phi) is 4.79. The van der Waals surface area contributed by atoms with Gasteiger partial charge in [0.15, 0.2) is 0 Å². The molecule has 2 aromatic rings. The molecule has 0 unspecified atom stereocenters. The van der Waals surface area contributed by atoms with E-state index in [-0.39, 0.29) is 5.91 Å². The van der Waals surface area contributed by atoms with E-state index < -0.39 is 0 Å². The van der Waals surface area contributed by atoms with E-state index in [9.17, 15) is 4.79 Å². The lowest BCUT2D eigenvalue weighted by Crippen LogP contribution is -2.23. The van der Waals surface area contributed by atoms with E-state index in [1.165, 1.54) is 0 Å². The van der Waals surface area contributed by atoms with Crippen molar-refractivity contribution in [1.82, 2.24) is 10.3 Å². The fourth-order valence-electron chi connectivity index (χ4n) is 1.80. The second-order valence-electron chi connectivity index (χ2n) is 4.35. The molecule has 0 aliphatic rings. The largest absolute Gasteiger partial charge is 0.393 e. The minimum atomic E-state index is -0.138. The van der Waals surface area contributed by atoms with Crippen LogP contribution >= 0.6 is 12.2 Å². The monoisotopic (exact) mass is 285 g/mol. The van der Waals surface area contributed by atoms with Crippen molar-refractivity contribution in [2.24, 2.45) is 5.73 Å². The first-order valence-electron chi connectivity index (χ1n) is 6.20. The second-order valence-corrected chi connectivity index (χ2v) is 4.87. The fraction of sp³-hybridized carbons (Fsp3) is 0.133. The molecule has 1 aromatic heterocycles. The Bertz CT molecular complexity index is 614. The van der Waals surface area contributed by atoms with Gasteiger partial charge in [-0.15, -0.1) is 0 Å². The summed E-state index contributed by atoms with van der Waals surface area (Å²) in [5.74, 6) is -0.138. The van der Waals surface area contributed by atoms with E-state index in [2.05, 4.69) is 10.3 Å². The molecule has 1 amide bonds. The number of nitrogens with two attached hydrogens (primary N) is 1. The van der Waals surface area contributed by atoms with Crippen LogP contribution in [-0.2, 0) is 13.0 Å². The van der Waals surface area contributed by atoms with Crippen LogP contribution in [0.4, 0.5) is 0 Å². The minimum Gasteiger partial charge on any atom is -0.393 e. The van der Waals surface area contributed by atoms with Crippen LogP contribution in [0.2, 0.25) is 0 Å². The third-order valence-corrected chi connectivity index (χ3v) is 2.87. The average Bonchev–Trinajstić information content (AvgIpc) is 2.45. The number of aromatic nitrogens is 1. The van der Waals surface area contributed by atoms with E-state index in [0.29, 0.717) is 23.5 Å². The van der Waals surface area contributed by atoms with Crippen molar-refractivity contribution >= 4 is 23.1 Å². The highest BCUT2D eigenvalue weighted by Crippen LogP contribution is 2.06. The number of benzene rings is 1. The molecule has 2 rings (SSSR count). The van der Waals surface area contributed by atoms with Crippen molar-refractivity contribution in [3.63, 3.8) is 0 Å². The smallest absolute Gasteiger partial charge is 0.251 e. The zero-order valence-corrected chi connectivity index (χ0v) is 11.7. The lowest BCUT2D eigenvalue weighted by molar-refractivity contribution is 0.0950. The van der Waals surface area contributed by atoms with Gasteiger partial charge in [0, 0.05) is 18.2 Å². The Labute approximate surface area is 123 Å². The van der Waals surface area contributed by atoms with Gasteiger partial charge in [0.05, 0.1) is 17.2 Å². The Morgan fingerprint density at radius 1 is 1.25 bits per heavy atom. The number of pyridine rings is 1. The molecule has 0 bridgehead atoms. The number of nitrogens with one attached hydrogen (secondary N) is 1. The zero-order chi connectivity index (χ0) is 14.4. The Morgan fingerprint density at radius 2 is 2.10 bits per heavy atom. The third kappa shape index (κ3) is 4.13. The molecule has 0 aliphatic carbocycles. The summed E-state index contributed by atoms with van der Waals surface area (Å²) in [7, 11) is 0. The normalized spacial score (nSPS) is 10.0. The van der Waals surface area contributed by atoms with Gasteiger partial charge in [-0.1, -0.05) is 30.4 Å². The number of carbonyl (C=O) groups is 1. The van der Waals surface area contributed by atoms with Gasteiger partial charge in [-0.25, -0.2) is 0 Å². The van der Waals surface area contributed by atoms with Gasteiger partial charge >= 0.3 is 0 Å². The quantitative estimate of drug-likeness (QED) is 0.823. The molecular formula is C15H15N3OS. The first-order chi connectivity index (χ1) is 9.65. The Morgan fingerprint density at radius 3 is 2.80 bits per heavy atom. The molecule has 0 spiro atoms. The van der Waals surface area contributed by atoms with Crippen LogP contribution in [0.15, 0.2) is 48.7 Å². The first-order valence-corrected chi connectivity index (χ1v) is 6.61. The molecule has 0 radical (unpaired) electrons. The van der Waals surface area contributed by atoms with Crippen LogP contribution in [0, 0.1) is 0 Å². The minimum absolute atomic E-state index is 0.138. The van der Waals surface area contributed by atoms with Crippen molar-refractivity contribution in [2.45, 2.75) is 13.0 Å². The van der Waals surface area contributed by atoms with Crippen LogP contribution in [0.1, 0.15) is 21.6 Å². The van der Waals surface area contributed by atoms with Crippen molar-refractivity contribution in [3.8, 4) is 0 Å². The number of amides is 1. The van der Waals surface area contributed by atoms with Gasteiger partial charge in [0.1, 0.15) is 0 Å². The third-order valence-electron chi connectivity index (χ3n) is 2.72. The highest BCUT2D eigenvalue weighted by atomic mass is 32.1. The Balaban J connectivity index is 2.00. The number of carbonyl (C=O) groups excluding carboxylic acids is 1. The second kappa shape index (κ2) is 6.77. The molecule has 0 fully saturated rings. The molecular weight excluding hydrogens is 270 g/mol. The van der Waals surface area contributed by atoms with Crippen LogP contribution < -0.4 is 11.1 Å². The molecule has 0 saturated carbocycles. The summed E-state index contributed by atoms with van der Waals surface area (Å²) >= 11 is 4.87. The van der Waals surface area contributed by atoms with Gasteiger partial charge in [-0.3, -0.25) is 9.78 Å². The molecule has 4 nitrogen and oxygen atoms in total. The molecule has 0 saturated heterocycles. The molecule has 0 aliphatic heterocycles. The molecule has 1 heterocycles. The standard InChI is InChI=1S/C15H15N3OS/c16-14(20)9-11-4-3-5-12(8-11)15(19)18-10-13-6-1-2-7-17-13/h1-8H,9-10H2,(H2,16,20)(H,18,19). The van der Waals surface area contributed by atoms with E-state index in [0.717, 1.165) is 11.3 Å². The summed E-state index contributed by atoms with van der Waals surface area (Å²) in [4.78, 5) is 16.6. The topological polar surface area (TPSA) is 68.0 Å². The van der Waals surface area contributed by atoms with E-state index in [1.807, 2.05) is 30.3 Å². The van der Waals surface area contributed by atoms with E-state index in [1.54, 1.807) is 18.3 Å². The fourth-order valence-corrected chi connectivity index (χ4v) is 1.97. The van der Waals surface area contributed by atoms with Gasteiger partial charge in [-0.2, -0.15) is 0 Å². The number of rotatable bonds is 5. The molecule has 5 heteroatoms. The molecule has 20 heavy (non-hydrogen) atoms. The van der Waals surface area contributed by atoms with E-state index in [4.69, 9.17) is 18.0 Å². The summed E-state index contributed by atoms with van der Waals surface area (Å²) in [6, 6.07) is 12.9. The molecule has 1 aromatic carbocycles. The zero-order valence-electron chi connectivity index (χ0n) is 10.9. The van der Waals surface area contributed by atoms with Crippen LogP contribution in [0.3, 0.4) is 0 Å². The maximum absolute atomic E-state index is 12.1. The van der Waals surface area contributed by atoms with Gasteiger partial charge < -0.3 is 11.1 Å². The Hall–Kier alpha value is -2.27. The average molecular weight is 285 g/mol. The van der Waals surface area contributed by atoms with Crippen molar-refractivity contribution in [2.75, 3.05) is 0 Å². The maximum Gasteiger partial charge on any atom is 0.251 e. The highest BCUT2D eigenvalue weighted by molar-refractivity contribution is 7.80. The number of hydrogen-bond donors (Lipinski definition) is 2. The summed E-state index contributed by atoms with van der Waals surface area (Å²) in [6.45, 7) is 0.402. The number of nitrogens with zero attached hydrogens (tertiary/aromatic N) is 1. The summed E-state index contributed by atoms with van der Waals surface area (Å²) in [5.41, 5.74) is 7.85. The first kappa shape index (κ1) is 14.1. The lowest BCUT2D eigenvalue weighted by atomic mass is 10.1. The van der Waals surface area contributed by atoms with Crippen LogP contribution in [0.25, 0.3) is 0 Å². The maximum atomic E-state index is 12.1. The van der Waals surface area contributed by atoms with Crippen LogP contribution in [0.5, 0.6) is 0 Å². The molecule has 0 atom stereocenters. The predicted molar refractivity (Wildman–Crippen MR) is 82.3 cm³/mol. The van der Waals surface area contributed by atoms with Gasteiger partial charge in [-0.05, 0) is 29.8 Å². The van der Waals surface area contributed by atoms with Crippen molar-refractivity contribution < 1.29 is 4.79 Å². The van der Waals surface area contributed by atoms with Gasteiger partial charge in [0.25, 0.3) is 5.91 Å². The van der Waals surface area contributed by atoms with Crippen molar-refractivity contribution in [1.29, 1.82) is 0 Å². The highest BCUT2D eigenvalue weighted by Gasteiger charge is 2.06. The SMILES string of the molecule is NC(=S)Cc1cccc(C(=O)NCc2ccccn2)c1. The van der Waals surface area contributed by atoms with Crippen LogP contribution in [-0.4, -0.2) is 15.9 Å². The summed E-state index contributed by atoms with van der Waals surface area (Å²) in [6.07, 6.45) is 2.20. The summed E-state index contributed by atoms with van der Waals surface area (Å²) < 4.78 is 0.